The Balaban J connectivity index is 1.80. The van der Waals surface area contributed by atoms with Crippen LogP contribution in [-0.2, 0) is 41.5 Å². The number of likely N-dealkylation sites (tertiary alicyclic amines) is 2. The maximum absolute atomic E-state index is 14.9. The molecule has 0 radical (unpaired) electrons. The van der Waals surface area contributed by atoms with Crippen molar-refractivity contribution in [3.05, 3.63) is 65.7 Å². The highest BCUT2D eigenvalue weighted by molar-refractivity contribution is 5.98. The Hall–Kier alpha value is -4.61. The monoisotopic (exact) mass is 623 g/mol. The largest absolute Gasteiger partial charge is 0.497 e. The first-order valence-electron chi connectivity index (χ1n) is 15.0. The van der Waals surface area contributed by atoms with Gasteiger partial charge < -0.3 is 29.5 Å². The fourth-order valence-corrected chi connectivity index (χ4v) is 6.68. The molecule has 3 amide bonds. The van der Waals surface area contributed by atoms with Gasteiger partial charge in [0.25, 0.3) is 0 Å². The van der Waals surface area contributed by atoms with Crippen molar-refractivity contribution in [2.24, 2.45) is 0 Å². The molecule has 0 spiro atoms. The van der Waals surface area contributed by atoms with E-state index in [2.05, 4.69) is 5.32 Å². The van der Waals surface area contributed by atoms with Crippen LogP contribution in [0.5, 0.6) is 5.75 Å². The minimum Gasteiger partial charge on any atom is -0.497 e. The van der Waals surface area contributed by atoms with Gasteiger partial charge in [-0.25, -0.2) is 9.59 Å². The molecule has 4 atom stereocenters. The van der Waals surface area contributed by atoms with Gasteiger partial charge in [-0.2, -0.15) is 0 Å². The van der Waals surface area contributed by atoms with Crippen molar-refractivity contribution in [3.63, 3.8) is 0 Å². The third-order valence-corrected chi connectivity index (χ3v) is 8.83. The average molecular weight is 624 g/mol. The first kappa shape index (κ1) is 33.3. The first-order valence-corrected chi connectivity index (χ1v) is 15.0. The van der Waals surface area contributed by atoms with Gasteiger partial charge >= 0.3 is 18.0 Å². The van der Waals surface area contributed by atoms with Crippen molar-refractivity contribution in [2.45, 2.75) is 75.6 Å². The van der Waals surface area contributed by atoms with Crippen molar-refractivity contribution in [3.8, 4) is 5.75 Å². The lowest BCUT2D eigenvalue weighted by molar-refractivity contribution is -0.159. The second kappa shape index (κ2) is 14.0. The molecule has 2 aromatic rings. The summed E-state index contributed by atoms with van der Waals surface area (Å²) in [5.41, 5.74) is -1.41. The van der Waals surface area contributed by atoms with Crippen LogP contribution < -0.4 is 10.1 Å². The van der Waals surface area contributed by atoms with Crippen LogP contribution in [0.2, 0.25) is 0 Å². The Kier molecular flexibility index (Phi) is 10.4. The summed E-state index contributed by atoms with van der Waals surface area (Å²) in [5.74, 6) is -1.94. The van der Waals surface area contributed by atoms with Crippen LogP contribution in [0.3, 0.4) is 0 Å². The van der Waals surface area contributed by atoms with E-state index in [0.29, 0.717) is 18.6 Å². The summed E-state index contributed by atoms with van der Waals surface area (Å²) in [5, 5.41) is 13.0. The number of carboxylic acid groups (broad SMARTS) is 1. The number of rotatable bonds is 11. The van der Waals surface area contributed by atoms with Gasteiger partial charge in [0.05, 0.1) is 14.2 Å². The number of esters is 2. The van der Waals surface area contributed by atoms with Gasteiger partial charge in [-0.05, 0) is 55.9 Å². The Morgan fingerprint density at radius 3 is 2.02 bits per heavy atom. The number of nitrogens with zero attached hydrogens (tertiary/aromatic N) is 2. The minimum atomic E-state index is -1.50. The predicted molar refractivity (Wildman–Crippen MR) is 162 cm³/mol. The third kappa shape index (κ3) is 6.89. The molecular weight excluding hydrogens is 582 g/mol. The fraction of sp³-hybridized carbons (Fsp3) is 0.485. The van der Waals surface area contributed by atoms with E-state index in [9.17, 15) is 29.1 Å². The van der Waals surface area contributed by atoms with Gasteiger partial charge in [-0.15, -0.1) is 0 Å². The lowest BCUT2D eigenvalue weighted by Crippen LogP contribution is -2.68. The summed E-state index contributed by atoms with van der Waals surface area (Å²) >= 11 is 0. The Bertz CT molecular complexity index is 1400. The molecule has 2 aliphatic rings. The number of carbonyl (C=O) groups excluding carboxylic acids is 4. The first-order chi connectivity index (χ1) is 21.5. The summed E-state index contributed by atoms with van der Waals surface area (Å²) in [6, 6.07) is 15.0. The summed E-state index contributed by atoms with van der Waals surface area (Å²) in [7, 11) is 2.70. The van der Waals surface area contributed by atoms with Crippen LogP contribution in [0.1, 0.15) is 50.7 Å². The SMILES string of the molecule is COC(=O)[C@@H](NC(=O)C1(Cc2ccc(OC)cc2)CCCN1C(=O)[C@@]1(Cc2ccccc2)CCCN1C(=O)O)[C@@H](C)OC(C)=O. The summed E-state index contributed by atoms with van der Waals surface area (Å²) in [4.78, 5) is 69.2. The van der Waals surface area contributed by atoms with Crippen LogP contribution in [0.15, 0.2) is 54.6 Å². The van der Waals surface area contributed by atoms with Crippen molar-refractivity contribution >= 4 is 29.8 Å². The molecule has 1 unspecified atom stereocenters. The summed E-state index contributed by atoms with van der Waals surface area (Å²) < 4.78 is 15.4. The quantitative estimate of drug-likeness (QED) is 0.360. The van der Waals surface area contributed by atoms with Gasteiger partial charge in [0.15, 0.2) is 6.04 Å². The molecule has 4 rings (SSSR count). The molecule has 2 fully saturated rings. The zero-order valence-corrected chi connectivity index (χ0v) is 26.1. The van der Waals surface area contributed by atoms with E-state index in [1.165, 1.54) is 23.6 Å². The van der Waals surface area contributed by atoms with E-state index in [0.717, 1.165) is 18.2 Å². The van der Waals surface area contributed by atoms with Gasteiger partial charge in [-0.1, -0.05) is 42.5 Å². The molecule has 2 heterocycles. The third-order valence-electron chi connectivity index (χ3n) is 8.83. The van der Waals surface area contributed by atoms with E-state index < -0.39 is 53.1 Å². The molecule has 12 heteroatoms. The molecule has 2 aromatic carbocycles. The molecule has 0 saturated carbocycles. The molecule has 0 bridgehead atoms. The molecule has 12 nitrogen and oxygen atoms in total. The van der Waals surface area contributed by atoms with Gasteiger partial charge in [-0.3, -0.25) is 19.3 Å². The summed E-state index contributed by atoms with van der Waals surface area (Å²) in [6.07, 6.45) is -0.555. The van der Waals surface area contributed by atoms with Crippen molar-refractivity contribution in [1.82, 2.24) is 15.1 Å². The molecule has 2 N–H and O–H groups in total. The predicted octanol–water partition coefficient (Wildman–Crippen LogP) is 2.96. The number of carbonyl (C=O) groups is 5. The lowest BCUT2D eigenvalue weighted by Gasteiger charge is -2.45. The Morgan fingerprint density at radius 1 is 0.867 bits per heavy atom. The number of methoxy groups -OCH3 is 2. The molecule has 2 saturated heterocycles. The van der Waals surface area contributed by atoms with E-state index >= 15 is 0 Å². The lowest BCUT2D eigenvalue weighted by atomic mass is 9.82. The average Bonchev–Trinajstić information content (AvgIpc) is 3.65. The molecule has 2 aliphatic heterocycles. The second-order valence-electron chi connectivity index (χ2n) is 11.6. The van der Waals surface area contributed by atoms with Gasteiger partial charge in [0.2, 0.25) is 11.8 Å². The van der Waals surface area contributed by atoms with E-state index in [4.69, 9.17) is 14.2 Å². The topological polar surface area (TPSA) is 152 Å². The minimum absolute atomic E-state index is 0.0822. The number of amides is 3. The second-order valence-corrected chi connectivity index (χ2v) is 11.6. The van der Waals surface area contributed by atoms with Crippen molar-refractivity contribution < 1.29 is 43.3 Å². The van der Waals surface area contributed by atoms with E-state index in [1.54, 1.807) is 31.4 Å². The highest BCUT2D eigenvalue weighted by Crippen LogP contribution is 2.41. The fourth-order valence-electron chi connectivity index (χ4n) is 6.68. The highest BCUT2D eigenvalue weighted by Gasteiger charge is 2.58. The zero-order chi connectivity index (χ0) is 32.8. The molecule has 0 aromatic heterocycles. The number of nitrogens with one attached hydrogen (secondary N) is 1. The maximum Gasteiger partial charge on any atom is 0.408 e. The van der Waals surface area contributed by atoms with Crippen LogP contribution in [0.4, 0.5) is 4.79 Å². The van der Waals surface area contributed by atoms with E-state index in [-0.39, 0.29) is 38.8 Å². The van der Waals surface area contributed by atoms with Crippen LogP contribution in [0, 0.1) is 0 Å². The highest BCUT2D eigenvalue weighted by atomic mass is 16.6. The number of benzene rings is 2. The molecule has 242 valence electrons. The normalized spacial score (nSPS) is 22.3. The number of hydrogen-bond donors (Lipinski definition) is 2. The Morgan fingerprint density at radius 2 is 1.44 bits per heavy atom. The molecule has 45 heavy (non-hydrogen) atoms. The zero-order valence-electron chi connectivity index (χ0n) is 26.1. The standard InChI is InChI=1S/C33H41N3O9/c1-22(45-23(2)37)27(28(38)44-4)34-29(39)32(20-25-12-14-26(43-3)15-13-25)16-8-18-35(32)30(40)33(17-9-19-36(33)31(41)42)21-24-10-6-5-7-11-24/h5-7,10-15,22,27H,8-9,16-21H2,1-4H3,(H,34,39)(H,41,42)/t22-,27+,32?,33+/m1/s1. The number of hydrogen-bond acceptors (Lipinski definition) is 8. The van der Waals surface area contributed by atoms with Crippen molar-refractivity contribution in [2.75, 3.05) is 27.3 Å². The van der Waals surface area contributed by atoms with Crippen molar-refractivity contribution in [1.29, 1.82) is 0 Å². The van der Waals surface area contributed by atoms with Gasteiger partial charge in [0.1, 0.15) is 22.9 Å². The maximum atomic E-state index is 14.9. The van der Waals surface area contributed by atoms with Gasteiger partial charge in [0, 0.05) is 32.9 Å². The Labute approximate surface area is 262 Å². The summed E-state index contributed by atoms with van der Waals surface area (Å²) in [6.45, 7) is 3.05. The van der Waals surface area contributed by atoms with Crippen LogP contribution in [0.25, 0.3) is 0 Å². The van der Waals surface area contributed by atoms with Crippen LogP contribution in [-0.4, -0.2) is 95.3 Å². The van der Waals surface area contributed by atoms with Crippen LogP contribution >= 0.6 is 0 Å². The number of ether oxygens (including phenoxy) is 3. The molecular formula is C33H41N3O9. The van der Waals surface area contributed by atoms with E-state index in [1.807, 2.05) is 30.3 Å². The smallest absolute Gasteiger partial charge is 0.408 e. The molecule has 0 aliphatic carbocycles.